The Balaban J connectivity index is 1.45. The Morgan fingerprint density at radius 3 is 2.42 bits per heavy atom. The average Bonchev–Trinajstić information content (AvgIpc) is 3.43. The van der Waals surface area contributed by atoms with Gasteiger partial charge in [-0.1, -0.05) is 31.0 Å². The number of hydrogen-bond acceptors (Lipinski definition) is 5. The number of aryl methyl sites for hydroxylation is 2. The molecule has 0 unspecified atom stereocenters. The third-order valence-electron chi connectivity index (χ3n) is 7.31. The van der Waals surface area contributed by atoms with Crippen LogP contribution in [-0.4, -0.2) is 37.9 Å². The molecule has 0 bridgehead atoms. The highest BCUT2D eigenvalue weighted by Gasteiger charge is 2.37. The van der Waals surface area contributed by atoms with Crippen LogP contribution in [0.15, 0.2) is 36.5 Å². The summed E-state index contributed by atoms with van der Waals surface area (Å²) >= 11 is 0. The first kappa shape index (κ1) is 20.2. The van der Waals surface area contributed by atoms with Crippen LogP contribution in [0.5, 0.6) is 0 Å². The lowest BCUT2D eigenvalue weighted by molar-refractivity contribution is 0.225. The first-order valence-electron chi connectivity index (χ1n) is 11.4. The predicted octanol–water partition coefficient (Wildman–Crippen LogP) is 4.51. The molecule has 6 nitrogen and oxygen atoms in total. The van der Waals surface area contributed by atoms with Crippen LogP contribution >= 0.6 is 0 Å². The monoisotopic (exact) mass is 417 g/mol. The molecule has 0 atom stereocenters. The minimum Gasteiger partial charge on any atom is -0.390 e. The van der Waals surface area contributed by atoms with Crippen molar-refractivity contribution in [1.29, 1.82) is 0 Å². The molecule has 31 heavy (non-hydrogen) atoms. The summed E-state index contributed by atoms with van der Waals surface area (Å²) in [7, 11) is 1.94. The summed E-state index contributed by atoms with van der Waals surface area (Å²) in [6.45, 7) is 3.94. The number of hydrogen-bond donors (Lipinski definition) is 1. The Kier molecular flexibility index (Phi) is 5.26. The van der Waals surface area contributed by atoms with Crippen molar-refractivity contribution in [3.05, 3.63) is 47.9 Å². The average molecular weight is 418 g/mol. The quantitative estimate of drug-likeness (QED) is 0.677. The number of aliphatic hydroxyl groups is 1. The highest BCUT2D eigenvalue weighted by atomic mass is 16.3. The van der Waals surface area contributed by atoms with Crippen molar-refractivity contribution in [2.75, 3.05) is 18.0 Å². The van der Waals surface area contributed by atoms with Crippen molar-refractivity contribution < 1.29 is 5.11 Å². The lowest BCUT2D eigenvalue weighted by Gasteiger charge is -2.40. The molecule has 6 heteroatoms. The van der Waals surface area contributed by atoms with Gasteiger partial charge in [-0.15, -0.1) is 0 Å². The molecular weight excluding hydrogens is 386 g/mol. The molecule has 1 aliphatic carbocycles. The fourth-order valence-electron chi connectivity index (χ4n) is 5.48. The van der Waals surface area contributed by atoms with E-state index in [0.717, 1.165) is 47.1 Å². The second-order valence-electron chi connectivity index (χ2n) is 9.20. The van der Waals surface area contributed by atoms with Crippen molar-refractivity contribution in [1.82, 2.24) is 19.7 Å². The molecular formula is C25H31N5O. The normalized spacial score (nSPS) is 18.1. The van der Waals surface area contributed by atoms with Crippen LogP contribution in [0.2, 0.25) is 0 Å². The summed E-state index contributed by atoms with van der Waals surface area (Å²) in [5, 5.41) is 14.4. The number of nitrogens with zero attached hydrogens (tertiary/aromatic N) is 5. The topological polar surface area (TPSA) is 67.1 Å². The molecule has 1 spiro atoms. The maximum absolute atomic E-state index is 10.1. The van der Waals surface area contributed by atoms with Crippen LogP contribution in [0.3, 0.4) is 0 Å². The van der Waals surface area contributed by atoms with Crippen LogP contribution in [0, 0.1) is 12.3 Å². The Morgan fingerprint density at radius 2 is 1.74 bits per heavy atom. The van der Waals surface area contributed by atoms with Crippen LogP contribution in [-0.2, 0) is 13.7 Å². The smallest absolute Gasteiger partial charge is 0.153 e. The number of anilines is 1. The Hall–Kier alpha value is -2.73. The number of rotatable bonds is 4. The van der Waals surface area contributed by atoms with Crippen molar-refractivity contribution in [3.63, 3.8) is 0 Å². The minimum atomic E-state index is -0.0985. The second-order valence-corrected chi connectivity index (χ2v) is 9.20. The van der Waals surface area contributed by atoms with E-state index in [4.69, 9.17) is 9.97 Å². The van der Waals surface area contributed by atoms with Gasteiger partial charge in [-0.2, -0.15) is 5.10 Å². The van der Waals surface area contributed by atoms with E-state index in [1.54, 1.807) is 6.20 Å². The van der Waals surface area contributed by atoms with Gasteiger partial charge in [0.15, 0.2) is 5.82 Å². The molecule has 2 aliphatic rings. The highest BCUT2D eigenvalue weighted by molar-refractivity contribution is 5.71. The third-order valence-corrected chi connectivity index (χ3v) is 7.31. The molecule has 2 fully saturated rings. The van der Waals surface area contributed by atoms with Gasteiger partial charge in [-0.3, -0.25) is 4.68 Å². The first-order chi connectivity index (χ1) is 15.1. The number of aliphatic hydroxyl groups excluding tert-OH is 1. The standard InChI is InChI=1S/C25H31N5O/c1-18-23(20-7-5-6-19(16-20)22-8-13-26-29(22)2)28-21(17-31)24(27-18)30-14-11-25(12-15-30)9-3-4-10-25/h5-8,13,16,31H,3-4,9-12,14-15,17H2,1-2H3. The summed E-state index contributed by atoms with van der Waals surface area (Å²) in [6.07, 6.45) is 9.79. The van der Waals surface area contributed by atoms with Gasteiger partial charge in [0.2, 0.25) is 0 Å². The van der Waals surface area contributed by atoms with Crippen molar-refractivity contribution >= 4 is 5.82 Å². The highest BCUT2D eigenvalue weighted by Crippen LogP contribution is 2.46. The zero-order valence-corrected chi connectivity index (χ0v) is 18.5. The molecule has 1 saturated carbocycles. The fourth-order valence-corrected chi connectivity index (χ4v) is 5.48. The van der Waals surface area contributed by atoms with E-state index < -0.39 is 0 Å². The summed E-state index contributed by atoms with van der Waals surface area (Å²) in [6, 6.07) is 10.3. The second kappa shape index (κ2) is 8.08. The van der Waals surface area contributed by atoms with Gasteiger partial charge in [0.25, 0.3) is 0 Å². The molecule has 0 radical (unpaired) electrons. The van der Waals surface area contributed by atoms with E-state index in [1.165, 1.54) is 38.5 Å². The summed E-state index contributed by atoms with van der Waals surface area (Å²) < 4.78 is 1.87. The molecule has 0 amide bonds. The number of piperidine rings is 1. The van der Waals surface area contributed by atoms with E-state index in [9.17, 15) is 5.11 Å². The molecule has 1 saturated heterocycles. The number of aromatic nitrogens is 4. The van der Waals surface area contributed by atoms with Gasteiger partial charge in [-0.05, 0) is 50.2 Å². The molecule has 1 aromatic carbocycles. The van der Waals surface area contributed by atoms with E-state index >= 15 is 0 Å². The Labute approximate surface area is 184 Å². The van der Waals surface area contributed by atoms with Crippen LogP contribution in [0.1, 0.15) is 49.9 Å². The first-order valence-corrected chi connectivity index (χ1v) is 11.4. The predicted molar refractivity (Wildman–Crippen MR) is 123 cm³/mol. The lowest BCUT2D eigenvalue weighted by atomic mass is 9.77. The molecule has 2 aromatic heterocycles. The van der Waals surface area contributed by atoms with Crippen LogP contribution in [0.4, 0.5) is 5.82 Å². The SMILES string of the molecule is Cc1nc(N2CCC3(CCCC3)CC2)c(CO)nc1-c1cccc(-c2ccnn2C)c1. The molecule has 3 heterocycles. The van der Waals surface area contributed by atoms with E-state index in [0.29, 0.717) is 11.1 Å². The summed E-state index contributed by atoms with van der Waals surface area (Å²) in [5.74, 6) is 0.861. The maximum atomic E-state index is 10.1. The minimum absolute atomic E-state index is 0.0985. The van der Waals surface area contributed by atoms with Crippen molar-refractivity contribution in [3.8, 4) is 22.5 Å². The van der Waals surface area contributed by atoms with Gasteiger partial charge in [0, 0.05) is 37.5 Å². The zero-order chi connectivity index (χ0) is 21.4. The van der Waals surface area contributed by atoms with Gasteiger partial charge < -0.3 is 10.0 Å². The molecule has 1 aliphatic heterocycles. The van der Waals surface area contributed by atoms with Gasteiger partial charge in [0.05, 0.1) is 23.7 Å². The number of benzene rings is 1. The maximum Gasteiger partial charge on any atom is 0.153 e. The van der Waals surface area contributed by atoms with E-state index in [1.807, 2.05) is 30.8 Å². The largest absolute Gasteiger partial charge is 0.390 e. The van der Waals surface area contributed by atoms with Crippen LogP contribution in [0.25, 0.3) is 22.5 Å². The molecule has 3 aromatic rings. The van der Waals surface area contributed by atoms with Crippen molar-refractivity contribution in [2.45, 2.75) is 52.1 Å². The molecule has 5 rings (SSSR count). The van der Waals surface area contributed by atoms with Gasteiger partial charge in [0.1, 0.15) is 5.69 Å². The van der Waals surface area contributed by atoms with E-state index in [-0.39, 0.29) is 6.61 Å². The van der Waals surface area contributed by atoms with Gasteiger partial charge >= 0.3 is 0 Å². The third kappa shape index (κ3) is 3.74. The zero-order valence-electron chi connectivity index (χ0n) is 18.5. The Bertz CT molecular complexity index is 1070. The summed E-state index contributed by atoms with van der Waals surface area (Å²) in [4.78, 5) is 12.2. The van der Waals surface area contributed by atoms with Crippen molar-refractivity contribution in [2.24, 2.45) is 12.5 Å². The van der Waals surface area contributed by atoms with Crippen LogP contribution < -0.4 is 4.90 Å². The fraction of sp³-hybridized carbons (Fsp3) is 0.480. The molecule has 162 valence electrons. The van der Waals surface area contributed by atoms with E-state index in [2.05, 4.69) is 28.2 Å². The van der Waals surface area contributed by atoms with Gasteiger partial charge in [-0.25, -0.2) is 9.97 Å². The Morgan fingerprint density at radius 1 is 1.00 bits per heavy atom. The summed E-state index contributed by atoms with van der Waals surface area (Å²) in [5.41, 5.74) is 6.12. The molecule has 1 N–H and O–H groups in total. The lowest BCUT2D eigenvalue weighted by Crippen LogP contribution is -2.40.